The predicted octanol–water partition coefficient (Wildman–Crippen LogP) is 3.70. The highest BCUT2D eigenvalue weighted by Crippen LogP contribution is 2.35. The Morgan fingerprint density at radius 2 is 1.94 bits per heavy atom. The van der Waals surface area contributed by atoms with E-state index >= 15 is 0 Å². The van der Waals surface area contributed by atoms with E-state index in [1.807, 2.05) is 6.07 Å². The summed E-state index contributed by atoms with van der Waals surface area (Å²) in [6, 6.07) is 6.69. The molecule has 0 bridgehead atoms. The van der Waals surface area contributed by atoms with Crippen molar-refractivity contribution >= 4 is 0 Å². The highest BCUT2D eigenvalue weighted by molar-refractivity contribution is 5.37. The van der Waals surface area contributed by atoms with Crippen LogP contribution < -0.4 is 10.1 Å². The molecule has 0 fully saturated rings. The van der Waals surface area contributed by atoms with Crippen LogP contribution in [0.25, 0.3) is 0 Å². The van der Waals surface area contributed by atoms with Crippen molar-refractivity contribution in [3.8, 4) is 5.75 Å². The Bertz CT molecular complexity index is 366. The van der Waals surface area contributed by atoms with Crippen LogP contribution >= 0.6 is 0 Å². The molecule has 0 aliphatic rings. The molecule has 17 heavy (non-hydrogen) atoms. The van der Waals surface area contributed by atoms with Gasteiger partial charge in [-0.3, -0.25) is 0 Å². The Labute approximate surface area is 105 Å². The lowest BCUT2D eigenvalue weighted by atomic mass is 9.81. The highest BCUT2D eigenvalue weighted by atomic mass is 16.5. The zero-order valence-electron chi connectivity index (χ0n) is 11.9. The maximum absolute atomic E-state index is 5.25. The van der Waals surface area contributed by atoms with E-state index in [1.54, 1.807) is 7.11 Å². The molecule has 0 amide bonds. The predicted molar refractivity (Wildman–Crippen MR) is 73.6 cm³/mol. The van der Waals surface area contributed by atoms with E-state index < -0.39 is 0 Å². The van der Waals surface area contributed by atoms with Gasteiger partial charge in [0.15, 0.2) is 0 Å². The number of ether oxygens (including phenoxy) is 1. The van der Waals surface area contributed by atoms with Crippen LogP contribution in [0, 0.1) is 12.3 Å². The Hall–Kier alpha value is -1.02. The van der Waals surface area contributed by atoms with Crippen LogP contribution in [0.3, 0.4) is 0 Å². The number of nitrogens with one attached hydrogen (secondary N) is 1. The first-order chi connectivity index (χ1) is 7.90. The minimum Gasteiger partial charge on any atom is -0.497 e. The van der Waals surface area contributed by atoms with Crippen LogP contribution in [0.15, 0.2) is 18.2 Å². The van der Waals surface area contributed by atoms with E-state index in [4.69, 9.17) is 4.74 Å². The Morgan fingerprint density at radius 1 is 1.29 bits per heavy atom. The fourth-order valence-corrected chi connectivity index (χ4v) is 2.19. The van der Waals surface area contributed by atoms with Crippen molar-refractivity contribution in [1.29, 1.82) is 0 Å². The first kappa shape index (κ1) is 14.0. The molecule has 1 unspecified atom stereocenters. The fraction of sp³-hybridized carbons (Fsp3) is 0.600. The normalized spacial score (nSPS) is 13.5. The summed E-state index contributed by atoms with van der Waals surface area (Å²) in [4.78, 5) is 0. The monoisotopic (exact) mass is 235 g/mol. The van der Waals surface area contributed by atoms with Gasteiger partial charge in [-0.05, 0) is 42.1 Å². The molecule has 1 atom stereocenters. The third kappa shape index (κ3) is 3.47. The number of hydrogen-bond donors (Lipinski definition) is 1. The fourth-order valence-electron chi connectivity index (χ4n) is 2.19. The van der Waals surface area contributed by atoms with Gasteiger partial charge in [-0.2, -0.15) is 0 Å². The van der Waals surface area contributed by atoms with Gasteiger partial charge in [-0.15, -0.1) is 0 Å². The Kier molecular flexibility index (Phi) is 4.58. The average molecular weight is 235 g/mol. The minimum absolute atomic E-state index is 0.204. The van der Waals surface area contributed by atoms with Gasteiger partial charge in [0.2, 0.25) is 0 Å². The van der Waals surface area contributed by atoms with Crippen molar-refractivity contribution in [2.24, 2.45) is 5.41 Å². The maximum atomic E-state index is 5.25. The van der Waals surface area contributed by atoms with Gasteiger partial charge >= 0.3 is 0 Å². The molecule has 2 heteroatoms. The molecule has 2 nitrogen and oxygen atoms in total. The van der Waals surface area contributed by atoms with Crippen LogP contribution in [0.2, 0.25) is 0 Å². The standard InChI is InChI=1S/C15H25NO/c1-7-16-14(15(3,4)5)13-9-8-12(17-6)10-11(13)2/h8-10,14,16H,7H2,1-6H3. The van der Waals surface area contributed by atoms with E-state index in [1.165, 1.54) is 11.1 Å². The van der Waals surface area contributed by atoms with Crippen LogP contribution in [-0.2, 0) is 0 Å². The van der Waals surface area contributed by atoms with E-state index in [-0.39, 0.29) is 5.41 Å². The third-order valence-electron chi connectivity index (χ3n) is 3.06. The average Bonchev–Trinajstić information content (AvgIpc) is 2.25. The Morgan fingerprint density at radius 3 is 2.35 bits per heavy atom. The Balaban J connectivity index is 3.10. The van der Waals surface area contributed by atoms with Crippen molar-refractivity contribution in [1.82, 2.24) is 5.32 Å². The molecule has 1 N–H and O–H groups in total. The minimum atomic E-state index is 0.204. The second-order valence-corrected chi connectivity index (χ2v) is 5.58. The van der Waals surface area contributed by atoms with Gasteiger partial charge in [0.25, 0.3) is 0 Å². The molecule has 0 aliphatic carbocycles. The number of methoxy groups -OCH3 is 1. The molecule has 1 rings (SSSR count). The molecule has 1 aromatic rings. The lowest BCUT2D eigenvalue weighted by Gasteiger charge is -2.33. The second kappa shape index (κ2) is 5.54. The van der Waals surface area contributed by atoms with Crippen molar-refractivity contribution in [2.75, 3.05) is 13.7 Å². The van der Waals surface area contributed by atoms with Crippen molar-refractivity contribution < 1.29 is 4.74 Å². The van der Waals surface area contributed by atoms with Crippen LogP contribution in [0.5, 0.6) is 5.75 Å². The van der Waals surface area contributed by atoms with E-state index in [9.17, 15) is 0 Å². The summed E-state index contributed by atoms with van der Waals surface area (Å²) in [5, 5.41) is 3.58. The van der Waals surface area contributed by atoms with Gasteiger partial charge < -0.3 is 10.1 Å². The van der Waals surface area contributed by atoms with E-state index in [0.29, 0.717) is 6.04 Å². The summed E-state index contributed by atoms with van der Waals surface area (Å²) in [6.45, 7) is 12.1. The number of hydrogen-bond acceptors (Lipinski definition) is 2. The van der Waals surface area contributed by atoms with Gasteiger partial charge in [-0.1, -0.05) is 33.8 Å². The van der Waals surface area contributed by atoms with Crippen molar-refractivity contribution in [3.05, 3.63) is 29.3 Å². The van der Waals surface area contributed by atoms with Gasteiger partial charge in [0, 0.05) is 6.04 Å². The molecule has 0 saturated carbocycles. The molecular weight excluding hydrogens is 210 g/mol. The maximum Gasteiger partial charge on any atom is 0.119 e. The SMILES string of the molecule is CCNC(c1ccc(OC)cc1C)C(C)(C)C. The molecule has 0 saturated heterocycles. The molecule has 0 spiro atoms. The summed E-state index contributed by atoms with van der Waals surface area (Å²) in [5.74, 6) is 0.926. The molecule has 0 heterocycles. The second-order valence-electron chi connectivity index (χ2n) is 5.58. The molecule has 0 aromatic heterocycles. The van der Waals surface area contributed by atoms with E-state index in [2.05, 4.69) is 52.1 Å². The smallest absolute Gasteiger partial charge is 0.119 e. The van der Waals surface area contributed by atoms with Crippen LogP contribution in [-0.4, -0.2) is 13.7 Å². The van der Waals surface area contributed by atoms with Crippen LogP contribution in [0.4, 0.5) is 0 Å². The van der Waals surface area contributed by atoms with Crippen molar-refractivity contribution in [2.45, 2.75) is 40.7 Å². The largest absolute Gasteiger partial charge is 0.497 e. The van der Waals surface area contributed by atoms with Gasteiger partial charge in [-0.25, -0.2) is 0 Å². The van der Waals surface area contributed by atoms with Gasteiger partial charge in [0.1, 0.15) is 5.75 Å². The summed E-state index contributed by atoms with van der Waals surface area (Å²) in [7, 11) is 1.71. The topological polar surface area (TPSA) is 21.3 Å². The zero-order valence-corrected chi connectivity index (χ0v) is 11.9. The van der Waals surface area contributed by atoms with Crippen molar-refractivity contribution in [3.63, 3.8) is 0 Å². The van der Waals surface area contributed by atoms with Gasteiger partial charge in [0.05, 0.1) is 7.11 Å². The lowest BCUT2D eigenvalue weighted by Crippen LogP contribution is -2.32. The zero-order chi connectivity index (χ0) is 13.1. The number of rotatable bonds is 4. The van der Waals surface area contributed by atoms with E-state index in [0.717, 1.165) is 12.3 Å². The quantitative estimate of drug-likeness (QED) is 0.859. The number of benzene rings is 1. The molecule has 96 valence electrons. The first-order valence-electron chi connectivity index (χ1n) is 6.28. The third-order valence-corrected chi connectivity index (χ3v) is 3.06. The summed E-state index contributed by atoms with van der Waals surface area (Å²) in [6.07, 6.45) is 0. The van der Waals surface area contributed by atoms with Crippen LogP contribution in [0.1, 0.15) is 44.9 Å². The molecule has 0 aliphatic heterocycles. The summed E-state index contributed by atoms with van der Waals surface area (Å²) >= 11 is 0. The molecule has 0 radical (unpaired) electrons. The summed E-state index contributed by atoms with van der Waals surface area (Å²) < 4.78 is 5.25. The molecular formula is C15H25NO. The molecule has 1 aromatic carbocycles. The highest BCUT2D eigenvalue weighted by Gasteiger charge is 2.26. The number of aryl methyl sites for hydroxylation is 1. The first-order valence-corrected chi connectivity index (χ1v) is 6.28. The summed E-state index contributed by atoms with van der Waals surface area (Å²) in [5.41, 5.74) is 2.85. The lowest BCUT2D eigenvalue weighted by molar-refractivity contribution is 0.275.